The van der Waals surface area contributed by atoms with Crippen LogP contribution in [-0.4, -0.2) is 16.9 Å². The van der Waals surface area contributed by atoms with Crippen molar-refractivity contribution in [2.75, 3.05) is 5.32 Å². The molecule has 1 aromatic rings. The molecule has 0 spiro atoms. The number of hydrogen-bond acceptors (Lipinski definition) is 4. The summed E-state index contributed by atoms with van der Waals surface area (Å²) < 4.78 is 36.8. The van der Waals surface area contributed by atoms with Gasteiger partial charge in [0.1, 0.15) is 6.04 Å². The molecule has 0 aromatic carbocycles. The van der Waals surface area contributed by atoms with Crippen LogP contribution in [0, 0.1) is 5.92 Å². The Balaban J connectivity index is 2.81. The molecule has 96 valence electrons. The highest BCUT2D eigenvalue weighted by Gasteiger charge is 2.34. The van der Waals surface area contributed by atoms with E-state index in [1.807, 2.05) is 0 Å². The molecule has 4 nitrogen and oxygen atoms in total. The molecular weight excluding hydrogens is 255 g/mol. The number of thiazole rings is 1. The maximum atomic E-state index is 12.3. The van der Waals surface area contributed by atoms with Crippen LogP contribution in [0.4, 0.5) is 18.3 Å². The Morgan fingerprint density at radius 1 is 1.53 bits per heavy atom. The molecule has 1 unspecified atom stereocenters. The van der Waals surface area contributed by atoms with E-state index < -0.39 is 23.8 Å². The highest BCUT2D eigenvalue weighted by molar-refractivity contribution is 7.13. The Morgan fingerprint density at radius 3 is 2.47 bits per heavy atom. The molecule has 0 fully saturated rings. The third kappa shape index (κ3) is 3.58. The molecule has 0 radical (unpaired) electrons. The minimum absolute atomic E-state index is 0.0369. The van der Waals surface area contributed by atoms with Crippen molar-refractivity contribution in [2.24, 2.45) is 11.7 Å². The number of primary amides is 1. The molecule has 0 aliphatic heterocycles. The van der Waals surface area contributed by atoms with Crippen molar-refractivity contribution in [3.05, 3.63) is 11.1 Å². The first kappa shape index (κ1) is 13.8. The summed E-state index contributed by atoms with van der Waals surface area (Å²) in [5, 5.41) is 3.53. The van der Waals surface area contributed by atoms with Crippen LogP contribution in [0.1, 0.15) is 19.5 Å². The summed E-state index contributed by atoms with van der Waals surface area (Å²) in [6.45, 7) is 3.47. The molecule has 0 bridgehead atoms. The van der Waals surface area contributed by atoms with Gasteiger partial charge in [0.25, 0.3) is 0 Å². The summed E-state index contributed by atoms with van der Waals surface area (Å²) in [5.41, 5.74) is 4.16. The molecule has 1 heterocycles. The van der Waals surface area contributed by atoms with Crippen LogP contribution >= 0.6 is 11.3 Å². The number of carbonyl (C=O) groups is 1. The number of carbonyl (C=O) groups excluding carboxylic acids is 1. The van der Waals surface area contributed by atoms with Gasteiger partial charge in [-0.15, -0.1) is 11.3 Å². The number of halogens is 3. The zero-order valence-electron chi connectivity index (χ0n) is 9.21. The topological polar surface area (TPSA) is 68.0 Å². The molecule has 1 atom stereocenters. The van der Waals surface area contributed by atoms with Gasteiger partial charge < -0.3 is 11.1 Å². The standard InChI is InChI=1S/C9H12F3N3OS/c1-4(2)6(7(13)16)15-8-14-5(3-17-8)9(10,11)12/h3-4,6H,1-2H3,(H2,13,16)(H,14,15). The predicted molar refractivity (Wildman–Crippen MR) is 58.6 cm³/mol. The summed E-state index contributed by atoms with van der Waals surface area (Å²) in [6.07, 6.45) is -4.48. The summed E-state index contributed by atoms with van der Waals surface area (Å²) in [4.78, 5) is 14.4. The van der Waals surface area contributed by atoms with E-state index in [2.05, 4.69) is 10.3 Å². The second-order valence-electron chi connectivity index (χ2n) is 3.80. The van der Waals surface area contributed by atoms with Crippen molar-refractivity contribution in [1.82, 2.24) is 4.98 Å². The molecule has 0 saturated heterocycles. The number of nitrogens with two attached hydrogens (primary N) is 1. The van der Waals surface area contributed by atoms with E-state index in [9.17, 15) is 18.0 Å². The molecular formula is C9H12F3N3OS. The highest BCUT2D eigenvalue weighted by atomic mass is 32.1. The SMILES string of the molecule is CC(C)C(Nc1nc(C(F)(F)F)cs1)C(N)=O. The lowest BCUT2D eigenvalue weighted by atomic mass is 10.0. The van der Waals surface area contributed by atoms with Crippen molar-refractivity contribution in [2.45, 2.75) is 26.1 Å². The van der Waals surface area contributed by atoms with Gasteiger partial charge in [0.2, 0.25) is 5.91 Å². The molecule has 17 heavy (non-hydrogen) atoms. The van der Waals surface area contributed by atoms with Crippen LogP contribution in [0.25, 0.3) is 0 Å². The predicted octanol–water partition coefficient (Wildman–Crippen LogP) is 2.08. The zero-order valence-corrected chi connectivity index (χ0v) is 10.0. The van der Waals surface area contributed by atoms with Crippen LogP contribution in [0.2, 0.25) is 0 Å². The van der Waals surface area contributed by atoms with Gasteiger partial charge in [-0.05, 0) is 5.92 Å². The average molecular weight is 267 g/mol. The first-order valence-corrected chi connectivity index (χ1v) is 5.68. The summed E-state index contributed by atoms with van der Waals surface area (Å²) in [6, 6.07) is -0.734. The number of aromatic nitrogens is 1. The molecule has 0 aliphatic carbocycles. The quantitative estimate of drug-likeness (QED) is 0.877. The second-order valence-corrected chi connectivity index (χ2v) is 4.66. The third-order valence-electron chi connectivity index (χ3n) is 2.05. The first-order valence-electron chi connectivity index (χ1n) is 4.80. The van der Waals surface area contributed by atoms with Crippen molar-refractivity contribution in [3.63, 3.8) is 0 Å². The fraction of sp³-hybridized carbons (Fsp3) is 0.556. The second kappa shape index (κ2) is 4.91. The monoisotopic (exact) mass is 267 g/mol. The van der Waals surface area contributed by atoms with Gasteiger partial charge >= 0.3 is 6.18 Å². The summed E-state index contributed by atoms with van der Waals surface area (Å²) >= 11 is 0.790. The largest absolute Gasteiger partial charge is 0.434 e. The lowest BCUT2D eigenvalue weighted by molar-refractivity contribution is -0.140. The van der Waals surface area contributed by atoms with Gasteiger partial charge in [0.15, 0.2) is 10.8 Å². The number of amides is 1. The van der Waals surface area contributed by atoms with E-state index >= 15 is 0 Å². The number of nitrogens with one attached hydrogen (secondary N) is 1. The van der Waals surface area contributed by atoms with Crippen LogP contribution in [0.3, 0.4) is 0 Å². The molecule has 0 aliphatic rings. The molecule has 1 aromatic heterocycles. The fourth-order valence-electron chi connectivity index (χ4n) is 1.17. The van der Waals surface area contributed by atoms with Gasteiger partial charge in [-0.3, -0.25) is 4.79 Å². The number of anilines is 1. The summed E-state index contributed by atoms with van der Waals surface area (Å²) in [7, 11) is 0. The van der Waals surface area contributed by atoms with E-state index in [1.165, 1.54) is 0 Å². The Morgan fingerprint density at radius 2 is 2.12 bits per heavy atom. The zero-order chi connectivity index (χ0) is 13.2. The number of rotatable bonds is 4. The molecule has 3 N–H and O–H groups in total. The first-order chi connectivity index (χ1) is 7.71. The van der Waals surface area contributed by atoms with Crippen molar-refractivity contribution >= 4 is 22.4 Å². The normalized spacial score (nSPS) is 13.8. The highest BCUT2D eigenvalue weighted by Crippen LogP contribution is 2.31. The lowest BCUT2D eigenvalue weighted by Gasteiger charge is -2.17. The lowest BCUT2D eigenvalue weighted by Crippen LogP contribution is -2.39. The van der Waals surface area contributed by atoms with Crippen LogP contribution in [0.5, 0.6) is 0 Å². The average Bonchev–Trinajstić information content (AvgIpc) is 2.60. The Hall–Kier alpha value is -1.31. The Bertz CT molecular complexity index is 402. The van der Waals surface area contributed by atoms with E-state index in [0.717, 1.165) is 16.7 Å². The van der Waals surface area contributed by atoms with Crippen LogP contribution in [-0.2, 0) is 11.0 Å². The Kier molecular flexibility index (Phi) is 3.97. The molecule has 0 saturated carbocycles. The van der Waals surface area contributed by atoms with E-state index in [-0.39, 0.29) is 11.0 Å². The van der Waals surface area contributed by atoms with Crippen LogP contribution < -0.4 is 11.1 Å². The van der Waals surface area contributed by atoms with Crippen molar-refractivity contribution in [1.29, 1.82) is 0 Å². The van der Waals surface area contributed by atoms with Gasteiger partial charge in [-0.1, -0.05) is 13.8 Å². The van der Waals surface area contributed by atoms with Gasteiger partial charge in [-0.25, -0.2) is 4.98 Å². The summed E-state index contributed by atoms with van der Waals surface area (Å²) in [5.74, 6) is -0.755. The number of nitrogens with zero attached hydrogens (tertiary/aromatic N) is 1. The minimum Gasteiger partial charge on any atom is -0.368 e. The van der Waals surface area contributed by atoms with Crippen LogP contribution in [0.15, 0.2) is 5.38 Å². The van der Waals surface area contributed by atoms with E-state index in [4.69, 9.17) is 5.73 Å². The third-order valence-corrected chi connectivity index (χ3v) is 2.82. The van der Waals surface area contributed by atoms with Gasteiger partial charge in [0, 0.05) is 5.38 Å². The van der Waals surface area contributed by atoms with E-state index in [0.29, 0.717) is 0 Å². The molecule has 1 amide bonds. The molecule has 1 rings (SSSR count). The minimum atomic E-state index is -4.48. The Labute approximate surface area is 100 Å². The maximum Gasteiger partial charge on any atom is 0.434 e. The smallest absolute Gasteiger partial charge is 0.368 e. The maximum absolute atomic E-state index is 12.3. The van der Waals surface area contributed by atoms with Gasteiger partial charge in [0.05, 0.1) is 0 Å². The fourth-order valence-corrected chi connectivity index (χ4v) is 1.93. The van der Waals surface area contributed by atoms with Gasteiger partial charge in [-0.2, -0.15) is 13.2 Å². The van der Waals surface area contributed by atoms with Crippen molar-refractivity contribution < 1.29 is 18.0 Å². The van der Waals surface area contributed by atoms with E-state index in [1.54, 1.807) is 13.8 Å². The number of alkyl halides is 3. The van der Waals surface area contributed by atoms with Crippen molar-refractivity contribution in [3.8, 4) is 0 Å². The molecule has 8 heteroatoms. The number of hydrogen-bond donors (Lipinski definition) is 2.